The number of rotatable bonds is 3. The van der Waals surface area contributed by atoms with Crippen molar-refractivity contribution in [1.29, 1.82) is 0 Å². The topological polar surface area (TPSA) is 52.3 Å². The molecule has 0 saturated heterocycles. The highest BCUT2D eigenvalue weighted by Crippen LogP contribution is 2.20. The van der Waals surface area contributed by atoms with Crippen LogP contribution in [0.25, 0.3) is 0 Å². The lowest BCUT2D eigenvalue weighted by Crippen LogP contribution is -2.22. The number of ether oxygens (including phenoxy) is 1. The van der Waals surface area contributed by atoms with Crippen LogP contribution in [0.3, 0.4) is 0 Å². The van der Waals surface area contributed by atoms with E-state index in [0.717, 1.165) is 10.0 Å². The van der Waals surface area contributed by atoms with E-state index >= 15 is 0 Å². The summed E-state index contributed by atoms with van der Waals surface area (Å²) in [6.07, 6.45) is 0. The van der Waals surface area contributed by atoms with Crippen molar-refractivity contribution in [2.24, 2.45) is 5.73 Å². The lowest BCUT2D eigenvalue weighted by molar-refractivity contribution is -0.142. The summed E-state index contributed by atoms with van der Waals surface area (Å²) in [5, 5.41) is 0. The van der Waals surface area contributed by atoms with Gasteiger partial charge < -0.3 is 10.5 Å². The highest BCUT2D eigenvalue weighted by molar-refractivity contribution is 9.10. The number of halogens is 1. The van der Waals surface area contributed by atoms with E-state index in [1.54, 1.807) is 0 Å². The number of methoxy groups -OCH3 is 1. The Balaban J connectivity index is 2.94. The van der Waals surface area contributed by atoms with Gasteiger partial charge in [-0.25, -0.2) is 0 Å². The Morgan fingerprint density at radius 2 is 2.36 bits per heavy atom. The van der Waals surface area contributed by atoms with Gasteiger partial charge in [0, 0.05) is 11.0 Å². The second-order valence-corrected chi connectivity index (χ2v) is 3.78. The highest BCUT2D eigenvalue weighted by Gasteiger charge is 2.19. The van der Waals surface area contributed by atoms with Crippen molar-refractivity contribution < 1.29 is 9.53 Å². The van der Waals surface area contributed by atoms with E-state index in [0.29, 0.717) is 0 Å². The van der Waals surface area contributed by atoms with Crippen LogP contribution < -0.4 is 5.73 Å². The zero-order valence-corrected chi connectivity index (χ0v) is 9.45. The lowest BCUT2D eigenvalue weighted by atomic mass is 10.00. The Hall–Kier alpha value is -0.870. The minimum Gasteiger partial charge on any atom is -0.469 e. The number of nitrogens with two attached hydrogens (primary N) is 1. The summed E-state index contributed by atoms with van der Waals surface area (Å²) >= 11 is 3.34. The number of hydrogen-bond acceptors (Lipinski definition) is 3. The van der Waals surface area contributed by atoms with Crippen LogP contribution >= 0.6 is 15.9 Å². The highest BCUT2D eigenvalue weighted by atomic mass is 79.9. The van der Waals surface area contributed by atoms with Gasteiger partial charge in [-0.05, 0) is 17.7 Å². The summed E-state index contributed by atoms with van der Waals surface area (Å²) in [6.45, 7) is 0.253. The summed E-state index contributed by atoms with van der Waals surface area (Å²) in [6, 6.07) is 7.49. The number of esters is 1. The van der Waals surface area contributed by atoms with Crippen molar-refractivity contribution in [2.45, 2.75) is 5.92 Å². The molecule has 1 rings (SSSR count). The molecular weight excluding hydrogens is 246 g/mol. The number of carbonyl (C=O) groups excluding carboxylic acids is 1. The maximum absolute atomic E-state index is 11.3. The average molecular weight is 258 g/mol. The SMILES string of the molecule is COC(=O)[C@@H](CN)c1cccc(Br)c1. The van der Waals surface area contributed by atoms with Crippen molar-refractivity contribution in [3.05, 3.63) is 34.3 Å². The lowest BCUT2D eigenvalue weighted by Gasteiger charge is -2.12. The molecule has 0 saturated carbocycles. The third-order valence-corrected chi connectivity index (χ3v) is 2.47. The number of hydrogen-bond donors (Lipinski definition) is 1. The predicted octanol–water partition coefficient (Wildman–Crippen LogP) is 1.66. The van der Waals surface area contributed by atoms with Crippen molar-refractivity contribution in [3.63, 3.8) is 0 Å². The van der Waals surface area contributed by atoms with Crippen molar-refractivity contribution in [2.75, 3.05) is 13.7 Å². The quantitative estimate of drug-likeness (QED) is 0.839. The third-order valence-electron chi connectivity index (χ3n) is 1.97. The summed E-state index contributed by atoms with van der Waals surface area (Å²) in [5.74, 6) is -0.678. The van der Waals surface area contributed by atoms with E-state index in [-0.39, 0.29) is 18.4 Å². The first kappa shape index (κ1) is 11.2. The predicted molar refractivity (Wildman–Crippen MR) is 58.0 cm³/mol. The second kappa shape index (κ2) is 5.12. The van der Waals surface area contributed by atoms with E-state index in [4.69, 9.17) is 5.73 Å². The summed E-state index contributed by atoms with van der Waals surface area (Å²) < 4.78 is 5.59. The molecule has 3 nitrogen and oxygen atoms in total. The average Bonchev–Trinajstić information content (AvgIpc) is 2.19. The largest absolute Gasteiger partial charge is 0.469 e. The van der Waals surface area contributed by atoms with Crippen LogP contribution in [-0.2, 0) is 9.53 Å². The van der Waals surface area contributed by atoms with Crippen LogP contribution in [0.4, 0.5) is 0 Å². The number of benzene rings is 1. The van der Waals surface area contributed by atoms with Crippen LogP contribution in [0.5, 0.6) is 0 Å². The number of carbonyl (C=O) groups is 1. The van der Waals surface area contributed by atoms with Gasteiger partial charge in [0.2, 0.25) is 0 Å². The van der Waals surface area contributed by atoms with Gasteiger partial charge in [-0.1, -0.05) is 28.1 Å². The van der Waals surface area contributed by atoms with Gasteiger partial charge in [0.1, 0.15) is 0 Å². The van der Waals surface area contributed by atoms with E-state index in [1.807, 2.05) is 24.3 Å². The first-order valence-corrected chi connectivity index (χ1v) is 5.01. The molecule has 0 radical (unpaired) electrons. The standard InChI is InChI=1S/C10H12BrNO2/c1-14-10(13)9(6-12)7-3-2-4-8(11)5-7/h2-5,9H,6,12H2,1H3/t9-/m0/s1. The van der Waals surface area contributed by atoms with E-state index in [1.165, 1.54) is 7.11 Å². The molecule has 0 aliphatic heterocycles. The van der Waals surface area contributed by atoms with Gasteiger partial charge in [0.15, 0.2) is 0 Å². The smallest absolute Gasteiger partial charge is 0.314 e. The Morgan fingerprint density at radius 3 is 2.86 bits per heavy atom. The molecule has 76 valence electrons. The Kier molecular flexibility index (Phi) is 4.10. The van der Waals surface area contributed by atoms with Gasteiger partial charge in [0.05, 0.1) is 13.0 Å². The monoisotopic (exact) mass is 257 g/mol. The molecule has 0 aromatic heterocycles. The molecule has 2 N–H and O–H groups in total. The summed E-state index contributed by atoms with van der Waals surface area (Å²) in [4.78, 5) is 11.3. The van der Waals surface area contributed by atoms with E-state index < -0.39 is 0 Å². The van der Waals surface area contributed by atoms with E-state index in [2.05, 4.69) is 20.7 Å². The zero-order valence-electron chi connectivity index (χ0n) is 7.87. The van der Waals surface area contributed by atoms with Gasteiger partial charge >= 0.3 is 5.97 Å². The van der Waals surface area contributed by atoms with Crippen molar-refractivity contribution in [1.82, 2.24) is 0 Å². The molecule has 1 aromatic carbocycles. The summed E-state index contributed by atoms with van der Waals surface area (Å²) in [5.41, 5.74) is 6.38. The molecule has 0 heterocycles. The molecule has 0 aliphatic rings. The molecular formula is C10H12BrNO2. The summed E-state index contributed by atoms with van der Waals surface area (Å²) in [7, 11) is 1.36. The zero-order chi connectivity index (χ0) is 10.6. The molecule has 0 fully saturated rings. The fraction of sp³-hybridized carbons (Fsp3) is 0.300. The normalized spacial score (nSPS) is 12.2. The fourth-order valence-electron chi connectivity index (χ4n) is 1.23. The Bertz CT molecular complexity index is 328. The first-order chi connectivity index (χ1) is 6.69. The molecule has 14 heavy (non-hydrogen) atoms. The van der Waals surface area contributed by atoms with Crippen molar-refractivity contribution in [3.8, 4) is 0 Å². The minimum atomic E-state index is -0.377. The van der Waals surface area contributed by atoms with Gasteiger partial charge in [-0.15, -0.1) is 0 Å². The molecule has 1 atom stereocenters. The van der Waals surface area contributed by atoms with Gasteiger partial charge in [-0.2, -0.15) is 0 Å². The molecule has 0 spiro atoms. The van der Waals surface area contributed by atoms with Gasteiger partial charge in [0.25, 0.3) is 0 Å². The van der Waals surface area contributed by atoms with Gasteiger partial charge in [-0.3, -0.25) is 4.79 Å². The fourth-order valence-corrected chi connectivity index (χ4v) is 1.65. The second-order valence-electron chi connectivity index (χ2n) is 2.87. The van der Waals surface area contributed by atoms with Crippen LogP contribution in [0.2, 0.25) is 0 Å². The molecule has 4 heteroatoms. The molecule has 1 aromatic rings. The third kappa shape index (κ3) is 2.56. The van der Waals surface area contributed by atoms with Crippen molar-refractivity contribution >= 4 is 21.9 Å². The maximum Gasteiger partial charge on any atom is 0.314 e. The maximum atomic E-state index is 11.3. The molecule has 0 amide bonds. The minimum absolute atomic E-state index is 0.253. The molecule has 0 unspecified atom stereocenters. The molecule has 0 bridgehead atoms. The first-order valence-electron chi connectivity index (χ1n) is 4.22. The Morgan fingerprint density at radius 1 is 1.64 bits per heavy atom. The van der Waals surface area contributed by atoms with Crippen LogP contribution in [0.15, 0.2) is 28.7 Å². The van der Waals surface area contributed by atoms with Crippen LogP contribution in [0.1, 0.15) is 11.5 Å². The van der Waals surface area contributed by atoms with E-state index in [9.17, 15) is 4.79 Å². The molecule has 0 aliphatic carbocycles. The Labute approximate surface area is 91.4 Å². The van der Waals surface area contributed by atoms with Crippen LogP contribution in [-0.4, -0.2) is 19.6 Å². The van der Waals surface area contributed by atoms with Crippen LogP contribution in [0, 0.1) is 0 Å².